The van der Waals surface area contributed by atoms with Crippen molar-refractivity contribution in [2.75, 3.05) is 5.32 Å². The molecule has 20 heavy (non-hydrogen) atoms. The molecule has 6 nitrogen and oxygen atoms in total. The number of carbonyl (C=O) groups excluding carboxylic acids is 2. The van der Waals surface area contributed by atoms with Crippen LogP contribution in [-0.2, 0) is 9.59 Å². The van der Waals surface area contributed by atoms with Crippen molar-refractivity contribution in [3.8, 4) is 0 Å². The zero-order valence-electron chi connectivity index (χ0n) is 11.1. The summed E-state index contributed by atoms with van der Waals surface area (Å²) in [6, 6.07) is 7.79. The van der Waals surface area contributed by atoms with Crippen LogP contribution in [0.5, 0.6) is 0 Å². The van der Waals surface area contributed by atoms with Crippen molar-refractivity contribution in [3.63, 3.8) is 0 Å². The summed E-state index contributed by atoms with van der Waals surface area (Å²) in [5.74, 6) is -0.805. The molecule has 0 saturated heterocycles. The van der Waals surface area contributed by atoms with E-state index in [-0.39, 0.29) is 11.6 Å². The Balaban J connectivity index is 2.25. The van der Waals surface area contributed by atoms with Gasteiger partial charge in [0.05, 0.1) is 0 Å². The molecule has 1 heterocycles. The van der Waals surface area contributed by atoms with E-state index in [2.05, 4.69) is 10.6 Å². The molecule has 0 aliphatic carbocycles. The van der Waals surface area contributed by atoms with Gasteiger partial charge in [-0.15, -0.1) is 0 Å². The fourth-order valence-electron chi connectivity index (χ4n) is 1.76. The van der Waals surface area contributed by atoms with Gasteiger partial charge in [0, 0.05) is 12.3 Å². The lowest BCUT2D eigenvalue weighted by molar-refractivity contribution is -0.124. The first-order chi connectivity index (χ1) is 9.47. The first-order valence-electron chi connectivity index (χ1n) is 6.08. The number of para-hydroxylation sites is 1. The van der Waals surface area contributed by atoms with E-state index in [9.17, 15) is 14.4 Å². The molecule has 0 saturated carbocycles. The van der Waals surface area contributed by atoms with Gasteiger partial charge in [-0.05, 0) is 19.1 Å². The number of rotatable bonds is 3. The van der Waals surface area contributed by atoms with Gasteiger partial charge in [0.15, 0.2) is 0 Å². The summed E-state index contributed by atoms with van der Waals surface area (Å²) in [6.45, 7) is 2.84. The first kappa shape index (κ1) is 13.8. The fraction of sp³-hybridized carbons (Fsp3) is 0.214. The second-order valence-corrected chi connectivity index (χ2v) is 4.40. The molecule has 1 atom stereocenters. The van der Waals surface area contributed by atoms with Crippen LogP contribution >= 0.6 is 0 Å². The minimum atomic E-state index is -0.738. The van der Waals surface area contributed by atoms with Crippen molar-refractivity contribution in [1.29, 1.82) is 0 Å². The highest BCUT2D eigenvalue weighted by Crippen LogP contribution is 2.15. The van der Waals surface area contributed by atoms with E-state index in [1.165, 1.54) is 13.8 Å². The molecule has 0 bridgehead atoms. The molecular weight excluding hydrogens is 260 g/mol. The Morgan fingerprint density at radius 2 is 1.95 bits per heavy atom. The lowest BCUT2D eigenvalue weighted by Crippen LogP contribution is -2.41. The Labute approximate surface area is 114 Å². The van der Waals surface area contributed by atoms with Crippen LogP contribution in [0.15, 0.2) is 39.5 Å². The van der Waals surface area contributed by atoms with Gasteiger partial charge in [0.25, 0.3) is 0 Å². The predicted molar refractivity (Wildman–Crippen MR) is 74.4 cm³/mol. The second kappa shape index (κ2) is 5.56. The van der Waals surface area contributed by atoms with E-state index in [0.717, 1.165) is 0 Å². The zero-order valence-corrected chi connectivity index (χ0v) is 11.1. The molecule has 0 spiro atoms. The monoisotopic (exact) mass is 274 g/mol. The highest BCUT2D eigenvalue weighted by molar-refractivity contribution is 5.97. The van der Waals surface area contributed by atoms with Crippen molar-refractivity contribution in [2.24, 2.45) is 0 Å². The van der Waals surface area contributed by atoms with Crippen molar-refractivity contribution in [2.45, 2.75) is 19.9 Å². The van der Waals surface area contributed by atoms with E-state index in [4.69, 9.17) is 4.42 Å². The third kappa shape index (κ3) is 3.03. The van der Waals surface area contributed by atoms with Gasteiger partial charge in [0.1, 0.15) is 17.3 Å². The van der Waals surface area contributed by atoms with Crippen molar-refractivity contribution < 1.29 is 14.0 Å². The number of anilines is 1. The summed E-state index contributed by atoms with van der Waals surface area (Å²) in [5.41, 5.74) is -0.136. The molecule has 6 heteroatoms. The maximum Gasteiger partial charge on any atom is 0.360 e. The van der Waals surface area contributed by atoms with Gasteiger partial charge in [0.2, 0.25) is 11.8 Å². The summed E-state index contributed by atoms with van der Waals surface area (Å²) >= 11 is 0. The van der Waals surface area contributed by atoms with Crippen LogP contribution in [0.4, 0.5) is 5.69 Å². The van der Waals surface area contributed by atoms with E-state index in [1.54, 1.807) is 30.3 Å². The van der Waals surface area contributed by atoms with E-state index >= 15 is 0 Å². The average Bonchev–Trinajstić information content (AvgIpc) is 2.38. The molecule has 0 aliphatic rings. The molecule has 1 aromatic heterocycles. The minimum absolute atomic E-state index is 0.0471. The quantitative estimate of drug-likeness (QED) is 0.825. The van der Waals surface area contributed by atoms with E-state index in [1.807, 2.05) is 0 Å². The predicted octanol–water partition coefficient (Wildman–Crippen LogP) is 1.26. The summed E-state index contributed by atoms with van der Waals surface area (Å²) < 4.78 is 5.10. The number of nitrogens with one attached hydrogen (secondary N) is 2. The van der Waals surface area contributed by atoms with Crippen LogP contribution < -0.4 is 16.3 Å². The second-order valence-electron chi connectivity index (χ2n) is 4.40. The molecule has 2 amide bonds. The SMILES string of the molecule is CC(=O)N[C@@H](C)C(=O)Nc1cc2ccccc2oc1=O. The summed E-state index contributed by atoms with van der Waals surface area (Å²) in [7, 11) is 0. The molecule has 0 aliphatic heterocycles. The third-order valence-electron chi connectivity index (χ3n) is 2.71. The lowest BCUT2D eigenvalue weighted by atomic mass is 10.2. The van der Waals surface area contributed by atoms with Gasteiger partial charge in [-0.2, -0.15) is 0 Å². The maximum absolute atomic E-state index is 11.8. The normalized spacial score (nSPS) is 11.9. The van der Waals surface area contributed by atoms with Crippen molar-refractivity contribution in [3.05, 3.63) is 40.8 Å². The summed E-state index contributed by atoms with van der Waals surface area (Å²) in [4.78, 5) is 34.5. The van der Waals surface area contributed by atoms with Crippen LogP contribution in [0.2, 0.25) is 0 Å². The number of carbonyl (C=O) groups is 2. The Hall–Kier alpha value is -2.63. The lowest BCUT2D eigenvalue weighted by Gasteiger charge is -2.12. The molecule has 2 N–H and O–H groups in total. The van der Waals surface area contributed by atoms with Crippen molar-refractivity contribution >= 4 is 28.5 Å². The smallest absolute Gasteiger partial charge is 0.360 e. The fourth-order valence-corrected chi connectivity index (χ4v) is 1.76. The van der Waals surface area contributed by atoms with Crippen LogP contribution in [0.3, 0.4) is 0 Å². The van der Waals surface area contributed by atoms with Crippen LogP contribution in [0, 0.1) is 0 Å². The Morgan fingerprint density at radius 3 is 2.65 bits per heavy atom. The van der Waals surface area contributed by atoms with Crippen LogP contribution in [-0.4, -0.2) is 17.9 Å². The van der Waals surface area contributed by atoms with Gasteiger partial charge in [-0.3, -0.25) is 9.59 Å². The molecule has 0 unspecified atom stereocenters. The van der Waals surface area contributed by atoms with Gasteiger partial charge in [-0.1, -0.05) is 18.2 Å². The Bertz CT molecular complexity index is 720. The maximum atomic E-state index is 11.8. The first-order valence-corrected chi connectivity index (χ1v) is 6.08. The summed E-state index contributed by atoms with van der Waals surface area (Å²) in [5, 5.41) is 5.59. The highest BCUT2D eigenvalue weighted by Gasteiger charge is 2.16. The summed E-state index contributed by atoms with van der Waals surface area (Å²) in [6.07, 6.45) is 0. The third-order valence-corrected chi connectivity index (χ3v) is 2.71. The molecule has 2 rings (SSSR count). The molecular formula is C14H14N2O4. The molecule has 2 aromatic rings. The zero-order chi connectivity index (χ0) is 14.7. The minimum Gasteiger partial charge on any atom is -0.421 e. The number of hydrogen-bond acceptors (Lipinski definition) is 4. The number of benzene rings is 1. The molecule has 0 radical (unpaired) electrons. The van der Waals surface area contributed by atoms with Crippen LogP contribution in [0.25, 0.3) is 11.0 Å². The Morgan fingerprint density at radius 1 is 1.25 bits per heavy atom. The Kier molecular flexibility index (Phi) is 3.84. The largest absolute Gasteiger partial charge is 0.421 e. The van der Waals surface area contributed by atoms with E-state index < -0.39 is 17.6 Å². The molecule has 0 fully saturated rings. The van der Waals surface area contributed by atoms with Gasteiger partial charge >= 0.3 is 5.63 Å². The topological polar surface area (TPSA) is 88.4 Å². The van der Waals surface area contributed by atoms with Gasteiger partial charge in [-0.25, -0.2) is 4.79 Å². The molecule has 1 aromatic carbocycles. The highest BCUT2D eigenvalue weighted by atomic mass is 16.4. The molecule has 104 valence electrons. The standard InChI is InChI=1S/C14H14N2O4/c1-8(15-9(2)17)13(18)16-11-7-10-5-3-4-6-12(10)20-14(11)19/h3-8H,1-2H3,(H,15,17)(H,16,18)/t8-/m0/s1. The number of amides is 2. The van der Waals surface area contributed by atoms with Crippen LogP contribution in [0.1, 0.15) is 13.8 Å². The van der Waals surface area contributed by atoms with Gasteiger partial charge < -0.3 is 15.1 Å². The average molecular weight is 274 g/mol. The number of fused-ring (bicyclic) bond motifs is 1. The van der Waals surface area contributed by atoms with Crippen molar-refractivity contribution in [1.82, 2.24) is 5.32 Å². The number of hydrogen-bond donors (Lipinski definition) is 2. The van der Waals surface area contributed by atoms with E-state index in [0.29, 0.717) is 11.0 Å².